The SMILES string of the molecule is CCOc1ccc2cc(-c3ccc4nn(CCN5CCOCC5)cc4c3)c(=O)n(-c3ccc(OC(F)F)cc3)c2n1. The molecule has 9 nitrogen and oxygen atoms in total. The first-order chi connectivity index (χ1) is 20.0. The second-order valence-corrected chi connectivity index (χ2v) is 9.69. The summed E-state index contributed by atoms with van der Waals surface area (Å²) in [5, 5.41) is 6.36. The van der Waals surface area contributed by atoms with Gasteiger partial charge in [-0.25, -0.2) is 0 Å². The van der Waals surface area contributed by atoms with E-state index < -0.39 is 6.61 Å². The summed E-state index contributed by atoms with van der Waals surface area (Å²) >= 11 is 0. The molecule has 0 saturated carbocycles. The lowest BCUT2D eigenvalue weighted by atomic mass is 10.0. The van der Waals surface area contributed by atoms with Gasteiger partial charge in [0.25, 0.3) is 5.56 Å². The Morgan fingerprint density at radius 3 is 2.54 bits per heavy atom. The molecule has 1 aliphatic rings. The van der Waals surface area contributed by atoms with Gasteiger partial charge in [0.1, 0.15) is 5.75 Å². The Morgan fingerprint density at radius 2 is 1.78 bits per heavy atom. The normalized spacial score (nSPS) is 14.2. The fourth-order valence-corrected chi connectivity index (χ4v) is 5.05. The van der Waals surface area contributed by atoms with E-state index in [1.165, 1.54) is 16.7 Å². The Hall–Kier alpha value is -4.35. The summed E-state index contributed by atoms with van der Waals surface area (Å²) in [6.45, 7) is 4.31. The van der Waals surface area contributed by atoms with Crippen molar-refractivity contribution < 1.29 is 23.0 Å². The van der Waals surface area contributed by atoms with Crippen LogP contribution in [0.15, 0.2) is 71.7 Å². The molecule has 1 fully saturated rings. The van der Waals surface area contributed by atoms with Crippen molar-refractivity contribution >= 4 is 21.9 Å². The maximum atomic E-state index is 14.0. The van der Waals surface area contributed by atoms with Gasteiger partial charge in [-0.2, -0.15) is 18.9 Å². The highest BCUT2D eigenvalue weighted by atomic mass is 19.3. The van der Waals surface area contributed by atoms with Gasteiger partial charge in [-0.05, 0) is 61.0 Å². The van der Waals surface area contributed by atoms with E-state index in [2.05, 4.69) is 14.6 Å². The van der Waals surface area contributed by atoms with Crippen LogP contribution in [0.1, 0.15) is 6.92 Å². The monoisotopic (exact) mass is 561 g/mol. The van der Waals surface area contributed by atoms with Gasteiger partial charge in [-0.1, -0.05) is 6.07 Å². The van der Waals surface area contributed by atoms with Gasteiger partial charge >= 0.3 is 6.61 Å². The van der Waals surface area contributed by atoms with Gasteiger partial charge in [0.15, 0.2) is 5.65 Å². The predicted octanol–water partition coefficient (Wildman–Crippen LogP) is 4.73. The molecule has 2 aromatic carbocycles. The average Bonchev–Trinajstić information content (AvgIpc) is 3.39. The summed E-state index contributed by atoms with van der Waals surface area (Å²) in [4.78, 5) is 21.0. The summed E-state index contributed by atoms with van der Waals surface area (Å²) in [5.41, 5.74) is 2.59. The number of hydrogen-bond donors (Lipinski definition) is 0. The molecule has 0 atom stereocenters. The lowest BCUT2D eigenvalue weighted by Gasteiger charge is -2.26. The third kappa shape index (κ3) is 5.77. The van der Waals surface area contributed by atoms with E-state index in [0.717, 1.165) is 61.2 Å². The molecule has 41 heavy (non-hydrogen) atoms. The zero-order valence-corrected chi connectivity index (χ0v) is 22.5. The number of hydrogen-bond acceptors (Lipinski definition) is 7. The van der Waals surface area contributed by atoms with Crippen LogP contribution in [-0.2, 0) is 11.3 Å². The van der Waals surface area contributed by atoms with Crippen LogP contribution in [0, 0.1) is 0 Å². The molecule has 1 saturated heterocycles. The number of ether oxygens (including phenoxy) is 3. The van der Waals surface area contributed by atoms with Crippen molar-refractivity contribution in [1.29, 1.82) is 0 Å². The van der Waals surface area contributed by atoms with Gasteiger partial charge < -0.3 is 14.2 Å². The first kappa shape index (κ1) is 26.9. The van der Waals surface area contributed by atoms with E-state index >= 15 is 0 Å². The second-order valence-electron chi connectivity index (χ2n) is 9.69. The fourth-order valence-electron chi connectivity index (χ4n) is 5.05. The molecule has 4 heterocycles. The molecular formula is C30H29F2N5O4. The van der Waals surface area contributed by atoms with Crippen molar-refractivity contribution in [2.45, 2.75) is 20.1 Å². The molecule has 5 aromatic rings. The highest BCUT2D eigenvalue weighted by Gasteiger charge is 2.17. The highest BCUT2D eigenvalue weighted by Crippen LogP contribution is 2.27. The molecule has 0 amide bonds. The quantitative estimate of drug-likeness (QED) is 0.257. The van der Waals surface area contributed by atoms with Crippen LogP contribution in [0.3, 0.4) is 0 Å². The third-order valence-corrected chi connectivity index (χ3v) is 7.05. The molecule has 6 rings (SSSR count). The summed E-state index contributed by atoms with van der Waals surface area (Å²) < 4.78 is 44.3. The van der Waals surface area contributed by atoms with Crippen LogP contribution in [0.2, 0.25) is 0 Å². The van der Waals surface area contributed by atoms with Crippen molar-refractivity contribution in [2.75, 3.05) is 39.5 Å². The molecule has 0 aliphatic carbocycles. The van der Waals surface area contributed by atoms with Gasteiger partial charge in [-0.3, -0.25) is 18.9 Å². The van der Waals surface area contributed by atoms with E-state index in [1.807, 2.05) is 48.1 Å². The Labute approximate surface area is 234 Å². The van der Waals surface area contributed by atoms with E-state index in [0.29, 0.717) is 29.4 Å². The van der Waals surface area contributed by atoms with E-state index in [4.69, 9.17) is 14.6 Å². The lowest BCUT2D eigenvalue weighted by molar-refractivity contribution is -0.0498. The number of fused-ring (bicyclic) bond motifs is 2. The Balaban J connectivity index is 1.40. The summed E-state index contributed by atoms with van der Waals surface area (Å²) in [5.74, 6) is 0.376. The number of pyridine rings is 2. The first-order valence-electron chi connectivity index (χ1n) is 13.5. The lowest BCUT2D eigenvalue weighted by Crippen LogP contribution is -2.38. The largest absolute Gasteiger partial charge is 0.478 e. The van der Waals surface area contributed by atoms with Crippen molar-refractivity contribution in [3.05, 3.63) is 77.2 Å². The van der Waals surface area contributed by atoms with Gasteiger partial charge in [-0.15, -0.1) is 0 Å². The molecular weight excluding hydrogens is 532 g/mol. The number of halogens is 2. The van der Waals surface area contributed by atoms with Crippen LogP contribution in [-0.4, -0.2) is 70.3 Å². The topological polar surface area (TPSA) is 83.6 Å². The Kier molecular flexibility index (Phi) is 7.62. The standard InChI is InChI=1S/C30H29F2N5O4/c1-2-40-27-10-4-21-18-25(29(38)37(28(21)33-27)23-5-7-24(8-6-23)41-30(31)32)20-3-9-26-22(17-20)19-36(34-26)12-11-35-13-15-39-16-14-35/h3-10,17-19,30H,2,11-16H2,1H3. The van der Waals surface area contributed by atoms with Crippen LogP contribution >= 0.6 is 0 Å². The molecule has 0 N–H and O–H groups in total. The first-order valence-corrected chi connectivity index (χ1v) is 13.5. The molecule has 3 aromatic heterocycles. The van der Waals surface area contributed by atoms with Crippen molar-refractivity contribution in [1.82, 2.24) is 24.2 Å². The number of rotatable bonds is 9. The second kappa shape index (κ2) is 11.6. The van der Waals surface area contributed by atoms with Crippen LogP contribution in [0.25, 0.3) is 38.8 Å². The third-order valence-electron chi connectivity index (χ3n) is 7.05. The zero-order chi connectivity index (χ0) is 28.3. The van der Waals surface area contributed by atoms with E-state index in [9.17, 15) is 13.6 Å². The van der Waals surface area contributed by atoms with Crippen LogP contribution in [0.4, 0.5) is 8.78 Å². The number of morpholine rings is 1. The summed E-state index contributed by atoms with van der Waals surface area (Å²) in [6, 6.07) is 17.1. The average molecular weight is 562 g/mol. The molecule has 0 radical (unpaired) electrons. The van der Waals surface area contributed by atoms with Gasteiger partial charge in [0, 0.05) is 48.2 Å². The minimum atomic E-state index is -2.94. The van der Waals surface area contributed by atoms with Crippen LogP contribution < -0.4 is 15.0 Å². The minimum Gasteiger partial charge on any atom is -0.478 e. The van der Waals surface area contributed by atoms with E-state index in [-0.39, 0.29) is 11.3 Å². The van der Waals surface area contributed by atoms with Crippen molar-refractivity contribution in [3.63, 3.8) is 0 Å². The Bertz CT molecular complexity index is 1730. The van der Waals surface area contributed by atoms with Crippen LogP contribution in [0.5, 0.6) is 11.6 Å². The minimum absolute atomic E-state index is 0.00342. The molecule has 1 aliphatic heterocycles. The molecule has 0 spiro atoms. The highest BCUT2D eigenvalue weighted by molar-refractivity contribution is 5.88. The number of benzene rings is 2. The molecule has 0 unspecified atom stereocenters. The van der Waals surface area contributed by atoms with E-state index in [1.54, 1.807) is 18.2 Å². The zero-order valence-electron chi connectivity index (χ0n) is 22.5. The summed E-state index contributed by atoms with van der Waals surface area (Å²) in [6.07, 6.45) is 2.00. The summed E-state index contributed by atoms with van der Waals surface area (Å²) in [7, 11) is 0. The van der Waals surface area contributed by atoms with Gasteiger partial charge in [0.05, 0.1) is 37.6 Å². The maximum absolute atomic E-state index is 14.0. The van der Waals surface area contributed by atoms with Crippen molar-refractivity contribution in [2.24, 2.45) is 0 Å². The number of alkyl halides is 2. The van der Waals surface area contributed by atoms with Gasteiger partial charge in [0.2, 0.25) is 5.88 Å². The van der Waals surface area contributed by atoms with Crippen molar-refractivity contribution in [3.8, 4) is 28.4 Å². The smallest absolute Gasteiger partial charge is 0.387 e. The number of aromatic nitrogens is 4. The Morgan fingerprint density at radius 1 is 0.976 bits per heavy atom. The predicted molar refractivity (Wildman–Crippen MR) is 151 cm³/mol. The molecule has 212 valence electrons. The maximum Gasteiger partial charge on any atom is 0.387 e. The fraction of sp³-hybridized carbons (Fsp3) is 0.300. The number of nitrogens with zero attached hydrogens (tertiary/aromatic N) is 5. The molecule has 0 bridgehead atoms. The molecule has 11 heteroatoms.